The SMILES string of the molecule is CC[C@H]1CN(S(=O)(=O)Cc2cccc(F)c2)CCO1. The molecule has 6 heteroatoms. The largest absolute Gasteiger partial charge is 0.375 e. The first-order chi connectivity index (χ1) is 9.01. The standard InChI is InChI=1S/C13H18FNO3S/c1-2-13-9-15(6-7-18-13)19(16,17)10-11-4-3-5-12(14)8-11/h3-5,8,13H,2,6-7,9-10H2,1H3/t13-/m0/s1. The predicted molar refractivity (Wildman–Crippen MR) is 70.6 cm³/mol. The molecule has 0 N–H and O–H groups in total. The van der Waals surface area contributed by atoms with Crippen LogP contribution in [0, 0.1) is 5.82 Å². The van der Waals surface area contributed by atoms with Crippen molar-refractivity contribution in [2.45, 2.75) is 25.2 Å². The molecule has 1 atom stereocenters. The number of hydrogen-bond acceptors (Lipinski definition) is 3. The molecule has 0 spiro atoms. The van der Waals surface area contributed by atoms with Gasteiger partial charge in [0, 0.05) is 13.1 Å². The van der Waals surface area contributed by atoms with Gasteiger partial charge in [0.25, 0.3) is 0 Å². The summed E-state index contributed by atoms with van der Waals surface area (Å²) in [5, 5.41) is 0. The van der Waals surface area contributed by atoms with Crippen LogP contribution in [0.3, 0.4) is 0 Å². The van der Waals surface area contributed by atoms with E-state index in [1.807, 2.05) is 6.92 Å². The molecule has 19 heavy (non-hydrogen) atoms. The minimum Gasteiger partial charge on any atom is -0.375 e. The molecule has 4 nitrogen and oxygen atoms in total. The van der Waals surface area contributed by atoms with Gasteiger partial charge in [0.15, 0.2) is 0 Å². The molecule has 2 rings (SSSR count). The lowest BCUT2D eigenvalue weighted by Gasteiger charge is -2.31. The van der Waals surface area contributed by atoms with Crippen LogP contribution in [0.2, 0.25) is 0 Å². The van der Waals surface area contributed by atoms with Crippen molar-refractivity contribution in [3.63, 3.8) is 0 Å². The van der Waals surface area contributed by atoms with Crippen molar-refractivity contribution in [1.29, 1.82) is 0 Å². The number of halogens is 1. The zero-order valence-electron chi connectivity index (χ0n) is 10.9. The normalized spacial score (nSPS) is 21.5. The van der Waals surface area contributed by atoms with Crippen molar-refractivity contribution in [3.8, 4) is 0 Å². The molecule has 0 saturated carbocycles. The van der Waals surface area contributed by atoms with Crippen molar-refractivity contribution in [3.05, 3.63) is 35.6 Å². The number of ether oxygens (including phenoxy) is 1. The molecule has 1 saturated heterocycles. The zero-order valence-corrected chi connectivity index (χ0v) is 11.7. The van der Waals surface area contributed by atoms with Crippen molar-refractivity contribution in [2.75, 3.05) is 19.7 Å². The van der Waals surface area contributed by atoms with Crippen LogP contribution in [0.4, 0.5) is 4.39 Å². The van der Waals surface area contributed by atoms with Gasteiger partial charge in [-0.2, -0.15) is 4.31 Å². The monoisotopic (exact) mass is 287 g/mol. The molecule has 1 aromatic carbocycles. The lowest BCUT2D eigenvalue weighted by molar-refractivity contribution is -0.00282. The summed E-state index contributed by atoms with van der Waals surface area (Å²) >= 11 is 0. The van der Waals surface area contributed by atoms with E-state index in [-0.39, 0.29) is 11.9 Å². The Morgan fingerprint density at radius 3 is 2.95 bits per heavy atom. The van der Waals surface area contributed by atoms with E-state index in [4.69, 9.17) is 4.74 Å². The molecule has 106 valence electrons. The van der Waals surface area contributed by atoms with Crippen molar-refractivity contribution in [2.24, 2.45) is 0 Å². The maximum absolute atomic E-state index is 13.1. The summed E-state index contributed by atoms with van der Waals surface area (Å²) in [6, 6.07) is 5.71. The third-order valence-electron chi connectivity index (χ3n) is 3.19. The highest BCUT2D eigenvalue weighted by Gasteiger charge is 2.28. The summed E-state index contributed by atoms with van der Waals surface area (Å²) in [6.45, 7) is 3.14. The predicted octanol–water partition coefficient (Wildman–Crippen LogP) is 1.77. The first-order valence-corrected chi connectivity index (χ1v) is 7.96. The van der Waals surface area contributed by atoms with Crippen molar-refractivity contribution >= 4 is 10.0 Å². The van der Waals surface area contributed by atoms with Crippen molar-refractivity contribution in [1.82, 2.24) is 4.31 Å². The molecule has 1 heterocycles. The molecule has 1 aliphatic rings. The maximum Gasteiger partial charge on any atom is 0.218 e. The van der Waals surface area contributed by atoms with E-state index >= 15 is 0 Å². The summed E-state index contributed by atoms with van der Waals surface area (Å²) in [7, 11) is -3.41. The molecule has 1 aliphatic heterocycles. The zero-order chi connectivity index (χ0) is 13.9. The third kappa shape index (κ3) is 3.75. The van der Waals surface area contributed by atoms with E-state index in [2.05, 4.69) is 0 Å². The first kappa shape index (κ1) is 14.4. The van der Waals surface area contributed by atoms with E-state index < -0.39 is 15.8 Å². The van der Waals surface area contributed by atoms with Crippen LogP contribution in [0.15, 0.2) is 24.3 Å². The number of benzene rings is 1. The summed E-state index contributed by atoms with van der Waals surface area (Å²) in [4.78, 5) is 0. The van der Waals surface area contributed by atoms with Gasteiger partial charge in [-0.15, -0.1) is 0 Å². The van der Waals surface area contributed by atoms with Gasteiger partial charge in [-0.05, 0) is 24.1 Å². The molecule has 0 aromatic heterocycles. The molecular weight excluding hydrogens is 269 g/mol. The lowest BCUT2D eigenvalue weighted by atomic mass is 10.2. The van der Waals surface area contributed by atoms with Crippen LogP contribution in [-0.2, 0) is 20.5 Å². The number of morpholine rings is 1. The van der Waals surface area contributed by atoms with Crippen LogP contribution in [0.1, 0.15) is 18.9 Å². The fourth-order valence-corrected chi connectivity index (χ4v) is 3.65. The Balaban J connectivity index is 2.09. The molecule has 0 bridgehead atoms. The van der Waals surface area contributed by atoms with Gasteiger partial charge in [-0.25, -0.2) is 12.8 Å². The quantitative estimate of drug-likeness (QED) is 0.848. The smallest absolute Gasteiger partial charge is 0.218 e. The molecular formula is C13H18FNO3S. The number of hydrogen-bond donors (Lipinski definition) is 0. The fourth-order valence-electron chi connectivity index (χ4n) is 2.12. The Morgan fingerprint density at radius 1 is 1.47 bits per heavy atom. The Morgan fingerprint density at radius 2 is 2.26 bits per heavy atom. The van der Waals surface area contributed by atoms with Gasteiger partial charge >= 0.3 is 0 Å². The summed E-state index contributed by atoms with van der Waals surface area (Å²) < 4.78 is 44.5. The van der Waals surface area contributed by atoms with Crippen LogP contribution in [0.5, 0.6) is 0 Å². The minimum atomic E-state index is -3.41. The Hall–Kier alpha value is -0.980. The highest BCUT2D eigenvalue weighted by atomic mass is 32.2. The number of nitrogens with zero attached hydrogens (tertiary/aromatic N) is 1. The Bertz CT molecular complexity index is 532. The van der Waals surface area contributed by atoms with Gasteiger partial charge in [0.1, 0.15) is 5.82 Å². The maximum atomic E-state index is 13.1. The van der Waals surface area contributed by atoms with Gasteiger partial charge in [-0.1, -0.05) is 19.1 Å². The van der Waals surface area contributed by atoms with Crippen LogP contribution >= 0.6 is 0 Å². The number of sulfonamides is 1. The Kier molecular flexibility index (Phi) is 4.54. The molecule has 1 fully saturated rings. The average molecular weight is 287 g/mol. The van der Waals surface area contributed by atoms with Crippen molar-refractivity contribution < 1.29 is 17.5 Å². The second kappa shape index (κ2) is 5.98. The van der Waals surface area contributed by atoms with Gasteiger partial charge < -0.3 is 4.74 Å². The van der Waals surface area contributed by atoms with E-state index in [9.17, 15) is 12.8 Å². The van der Waals surface area contributed by atoms with Gasteiger partial charge in [-0.3, -0.25) is 0 Å². The number of rotatable bonds is 4. The molecule has 0 unspecified atom stereocenters. The highest BCUT2D eigenvalue weighted by molar-refractivity contribution is 7.88. The summed E-state index contributed by atoms with van der Waals surface area (Å²) in [6.07, 6.45) is 0.738. The lowest BCUT2D eigenvalue weighted by Crippen LogP contribution is -2.45. The fraction of sp³-hybridized carbons (Fsp3) is 0.538. The van der Waals surface area contributed by atoms with E-state index in [0.29, 0.717) is 25.3 Å². The van der Waals surface area contributed by atoms with Gasteiger partial charge in [0.2, 0.25) is 10.0 Å². The molecule has 1 aromatic rings. The minimum absolute atomic E-state index is 0.0453. The van der Waals surface area contributed by atoms with E-state index in [0.717, 1.165) is 6.42 Å². The van der Waals surface area contributed by atoms with Crippen LogP contribution < -0.4 is 0 Å². The Labute approximate surface area is 113 Å². The van der Waals surface area contributed by atoms with E-state index in [1.54, 1.807) is 6.07 Å². The average Bonchev–Trinajstić information content (AvgIpc) is 2.38. The van der Waals surface area contributed by atoms with Crippen LogP contribution in [-0.4, -0.2) is 38.5 Å². The second-order valence-corrected chi connectivity index (χ2v) is 6.61. The molecule has 0 aliphatic carbocycles. The first-order valence-electron chi connectivity index (χ1n) is 6.35. The topological polar surface area (TPSA) is 46.6 Å². The van der Waals surface area contributed by atoms with E-state index in [1.165, 1.54) is 22.5 Å². The second-order valence-electron chi connectivity index (χ2n) is 4.65. The summed E-state index contributed by atoms with van der Waals surface area (Å²) in [5.41, 5.74) is 0.472. The van der Waals surface area contributed by atoms with Gasteiger partial charge in [0.05, 0.1) is 18.5 Å². The molecule has 0 radical (unpaired) electrons. The van der Waals surface area contributed by atoms with Crippen LogP contribution in [0.25, 0.3) is 0 Å². The summed E-state index contributed by atoms with van der Waals surface area (Å²) in [5.74, 6) is -0.581. The third-order valence-corrected chi connectivity index (χ3v) is 5.00. The highest BCUT2D eigenvalue weighted by Crippen LogP contribution is 2.16. The molecule has 0 amide bonds.